The van der Waals surface area contributed by atoms with Gasteiger partial charge in [0, 0.05) is 24.1 Å². The average molecular weight is 204 g/mol. The second-order valence-corrected chi connectivity index (χ2v) is 2.80. The molecule has 0 aliphatic rings. The van der Waals surface area contributed by atoms with Gasteiger partial charge in [0.15, 0.2) is 5.82 Å². The largest absolute Gasteiger partial charge is 0.398 e. The number of carbonyl (C=O) groups excluding carboxylic acids is 1. The minimum absolute atomic E-state index is 0.306. The van der Waals surface area contributed by atoms with Crippen molar-refractivity contribution < 1.29 is 9.32 Å². The average Bonchev–Trinajstić information content (AvgIpc) is 2.71. The van der Waals surface area contributed by atoms with Crippen LogP contribution in [0.4, 0.5) is 11.5 Å². The fraction of sp³-hybridized carbons (Fsp3) is 0. The van der Waals surface area contributed by atoms with Gasteiger partial charge in [-0.2, -0.15) is 0 Å². The van der Waals surface area contributed by atoms with E-state index in [1.807, 2.05) is 0 Å². The van der Waals surface area contributed by atoms with Crippen LogP contribution in [0.25, 0.3) is 0 Å². The van der Waals surface area contributed by atoms with Crippen LogP contribution < -0.4 is 11.1 Å². The van der Waals surface area contributed by atoms with Gasteiger partial charge >= 0.3 is 0 Å². The summed E-state index contributed by atoms with van der Waals surface area (Å²) in [7, 11) is 0. The van der Waals surface area contributed by atoms with Crippen molar-refractivity contribution in [3.8, 4) is 0 Å². The van der Waals surface area contributed by atoms with Crippen molar-refractivity contribution in [1.82, 2.24) is 10.1 Å². The molecule has 2 rings (SSSR count). The second-order valence-electron chi connectivity index (χ2n) is 2.80. The molecule has 1 amide bonds. The molecule has 0 aliphatic heterocycles. The van der Waals surface area contributed by atoms with Crippen LogP contribution in [-0.2, 0) is 0 Å². The topological polar surface area (TPSA) is 94.0 Å². The minimum Gasteiger partial charge on any atom is -0.398 e. The monoisotopic (exact) mass is 204 g/mol. The zero-order valence-corrected chi connectivity index (χ0v) is 7.68. The maximum Gasteiger partial charge on any atom is 0.260 e. The molecule has 0 radical (unpaired) electrons. The lowest BCUT2D eigenvalue weighted by Crippen LogP contribution is -2.14. The Labute approximate surface area is 85.1 Å². The summed E-state index contributed by atoms with van der Waals surface area (Å²) in [4.78, 5) is 15.4. The van der Waals surface area contributed by atoms with Gasteiger partial charge in [-0.1, -0.05) is 5.16 Å². The van der Waals surface area contributed by atoms with Gasteiger partial charge in [0.05, 0.1) is 5.56 Å². The number of nitrogen functional groups attached to an aromatic ring is 1. The minimum atomic E-state index is -0.366. The molecule has 0 saturated carbocycles. The number of anilines is 2. The van der Waals surface area contributed by atoms with E-state index in [2.05, 4.69) is 20.0 Å². The maximum absolute atomic E-state index is 11.6. The van der Waals surface area contributed by atoms with E-state index < -0.39 is 0 Å². The first-order valence-corrected chi connectivity index (χ1v) is 4.18. The zero-order valence-electron chi connectivity index (χ0n) is 7.68. The fourth-order valence-corrected chi connectivity index (χ4v) is 1.06. The number of amides is 1. The standard InChI is InChI=1S/C9H8N4O2/c10-7-1-3-11-5-6(7)9(14)12-8-2-4-15-13-8/h1-5H,(H2,10,11)(H,12,13,14). The van der Waals surface area contributed by atoms with E-state index in [4.69, 9.17) is 5.73 Å². The summed E-state index contributed by atoms with van der Waals surface area (Å²) in [5.41, 5.74) is 6.28. The summed E-state index contributed by atoms with van der Waals surface area (Å²) in [6, 6.07) is 3.09. The third-order valence-electron chi connectivity index (χ3n) is 1.78. The van der Waals surface area contributed by atoms with Gasteiger partial charge in [-0.25, -0.2) is 0 Å². The van der Waals surface area contributed by atoms with Crippen LogP contribution in [0, 0.1) is 0 Å². The van der Waals surface area contributed by atoms with E-state index in [0.29, 0.717) is 17.1 Å². The van der Waals surface area contributed by atoms with Crippen molar-refractivity contribution in [1.29, 1.82) is 0 Å². The van der Waals surface area contributed by atoms with E-state index in [0.717, 1.165) is 0 Å². The number of nitrogens with two attached hydrogens (primary N) is 1. The molecule has 2 aromatic rings. The third kappa shape index (κ3) is 1.93. The Morgan fingerprint density at radius 3 is 3.00 bits per heavy atom. The molecule has 2 heterocycles. The van der Waals surface area contributed by atoms with Crippen LogP contribution in [-0.4, -0.2) is 16.0 Å². The molecule has 2 aromatic heterocycles. The van der Waals surface area contributed by atoms with E-state index in [-0.39, 0.29) is 5.91 Å². The van der Waals surface area contributed by atoms with Crippen molar-refractivity contribution >= 4 is 17.4 Å². The van der Waals surface area contributed by atoms with Crippen LogP contribution >= 0.6 is 0 Å². The molecule has 6 nitrogen and oxygen atoms in total. The van der Waals surface area contributed by atoms with Gasteiger partial charge in [-0.05, 0) is 6.07 Å². The summed E-state index contributed by atoms with van der Waals surface area (Å²) in [6.45, 7) is 0. The highest BCUT2D eigenvalue weighted by atomic mass is 16.5. The van der Waals surface area contributed by atoms with Crippen molar-refractivity contribution in [2.75, 3.05) is 11.1 Å². The smallest absolute Gasteiger partial charge is 0.260 e. The Balaban J connectivity index is 2.19. The molecule has 76 valence electrons. The molecule has 0 bridgehead atoms. The van der Waals surface area contributed by atoms with Crippen LogP contribution in [0.1, 0.15) is 10.4 Å². The quantitative estimate of drug-likeness (QED) is 0.758. The zero-order chi connectivity index (χ0) is 10.7. The van der Waals surface area contributed by atoms with Crippen molar-refractivity contribution in [2.24, 2.45) is 0 Å². The summed E-state index contributed by atoms with van der Waals surface area (Å²) >= 11 is 0. The summed E-state index contributed by atoms with van der Waals surface area (Å²) in [5, 5.41) is 6.06. The Bertz CT molecular complexity index is 467. The van der Waals surface area contributed by atoms with Crippen molar-refractivity contribution in [3.63, 3.8) is 0 Å². The van der Waals surface area contributed by atoms with Crippen LogP contribution in [0.5, 0.6) is 0 Å². The van der Waals surface area contributed by atoms with Gasteiger partial charge in [0.25, 0.3) is 5.91 Å². The van der Waals surface area contributed by atoms with Gasteiger partial charge < -0.3 is 15.6 Å². The summed E-state index contributed by atoms with van der Waals surface area (Å²) in [6.07, 6.45) is 4.27. The highest BCUT2D eigenvalue weighted by Crippen LogP contribution is 2.11. The van der Waals surface area contributed by atoms with Crippen molar-refractivity contribution in [3.05, 3.63) is 36.4 Å². The van der Waals surface area contributed by atoms with Crippen LogP contribution in [0.15, 0.2) is 35.3 Å². The SMILES string of the molecule is Nc1ccncc1C(=O)Nc1ccon1. The first kappa shape index (κ1) is 9.20. The molecule has 0 aliphatic carbocycles. The highest BCUT2D eigenvalue weighted by molar-refractivity contribution is 6.06. The lowest BCUT2D eigenvalue weighted by atomic mass is 10.2. The van der Waals surface area contributed by atoms with E-state index >= 15 is 0 Å². The molecule has 0 fully saturated rings. The number of hydrogen-bond acceptors (Lipinski definition) is 5. The number of carbonyl (C=O) groups is 1. The number of rotatable bonds is 2. The van der Waals surface area contributed by atoms with Gasteiger partial charge in [0.2, 0.25) is 0 Å². The fourth-order valence-electron chi connectivity index (χ4n) is 1.06. The van der Waals surface area contributed by atoms with Crippen LogP contribution in [0.2, 0.25) is 0 Å². The van der Waals surface area contributed by atoms with Gasteiger partial charge in [0.1, 0.15) is 6.26 Å². The second kappa shape index (κ2) is 3.79. The molecule has 0 unspecified atom stereocenters. The predicted octanol–water partition coefficient (Wildman–Crippen LogP) is 0.904. The third-order valence-corrected chi connectivity index (χ3v) is 1.78. The molecule has 0 aromatic carbocycles. The number of aromatic nitrogens is 2. The molecule has 3 N–H and O–H groups in total. The van der Waals surface area contributed by atoms with E-state index in [1.165, 1.54) is 24.7 Å². The molecule has 0 atom stereocenters. The Morgan fingerprint density at radius 2 is 2.33 bits per heavy atom. The summed E-state index contributed by atoms with van der Waals surface area (Å²) in [5.74, 6) is -0.0299. The highest BCUT2D eigenvalue weighted by Gasteiger charge is 2.10. The number of nitrogens with zero attached hydrogens (tertiary/aromatic N) is 2. The number of nitrogens with one attached hydrogen (secondary N) is 1. The van der Waals surface area contributed by atoms with Crippen molar-refractivity contribution in [2.45, 2.75) is 0 Å². The Hall–Kier alpha value is -2.37. The first-order valence-electron chi connectivity index (χ1n) is 4.18. The Morgan fingerprint density at radius 1 is 1.47 bits per heavy atom. The van der Waals surface area contributed by atoms with E-state index in [9.17, 15) is 4.79 Å². The lowest BCUT2D eigenvalue weighted by Gasteiger charge is -2.03. The summed E-state index contributed by atoms with van der Waals surface area (Å²) < 4.78 is 4.57. The van der Waals surface area contributed by atoms with Gasteiger partial charge in [-0.3, -0.25) is 9.78 Å². The van der Waals surface area contributed by atoms with E-state index in [1.54, 1.807) is 6.07 Å². The maximum atomic E-state index is 11.6. The van der Waals surface area contributed by atoms with Crippen LogP contribution in [0.3, 0.4) is 0 Å². The lowest BCUT2D eigenvalue weighted by molar-refractivity contribution is 0.102. The molecular formula is C9H8N4O2. The number of pyridine rings is 1. The molecule has 6 heteroatoms. The number of hydrogen-bond donors (Lipinski definition) is 2. The Kier molecular flexibility index (Phi) is 2.32. The predicted molar refractivity (Wildman–Crippen MR) is 53.1 cm³/mol. The first-order chi connectivity index (χ1) is 7.27. The molecule has 15 heavy (non-hydrogen) atoms. The molecule has 0 spiro atoms. The normalized spacial score (nSPS) is 9.87. The molecule has 0 saturated heterocycles. The van der Waals surface area contributed by atoms with Gasteiger partial charge in [-0.15, -0.1) is 0 Å². The molecular weight excluding hydrogens is 196 g/mol.